The predicted octanol–water partition coefficient (Wildman–Crippen LogP) is 2.29. The highest BCUT2D eigenvalue weighted by Crippen LogP contribution is 2.28. The highest BCUT2D eigenvalue weighted by atomic mass is 32.2. The van der Waals surface area contributed by atoms with Crippen molar-refractivity contribution in [3.63, 3.8) is 0 Å². The number of anilines is 1. The molecule has 0 saturated carbocycles. The lowest BCUT2D eigenvalue weighted by Crippen LogP contribution is -2.36. The second-order valence-electron chi connectivity index (χ2n) is 5.53. The number of methoxy groups -OCH3 is 1. The smallest absolute Gasteiger partial charge is 0.298 e. The molecule has 0 fully saturated rings. The summed E-state index contributed by atoms with van der Waals surface area (Å²) in [5, 5.41) is 18.0. The number of halogens is 1. The number of amides is 1. The number of nitrogens with zero attached hydrogens (tertiary/aromatic N) is 2. The van der Waals surface area contributed by atoms with Crippen molar-refractivity contribution in [2.75, 3.05) is 12.4 Å². The standard InChI is InChI=1S/C18H16FN3O4S/c1-11(16(23)20-13-5-3-12(19)4-6-13)27-17-18(24)26-21-22(17)14-7-9-15(25-2)10-8-14/h3-11H,1-2H3,(H-,20,21,23,24). The van der Waals surface area contributed by atoms with Crippen molar-refractivity contribution in [1.82, 2.24) is 5.27 Å². The lowest BCUT2D eigenvalue weighted by Gasteiger charge is -2.10. The molecule has 0 aliphatic carbocycles. The molecule has 3 aromatic rings. The summed E-state index contributed by atoms with van der Waals surface area (Å²) in [6.07, 6.45) is 0. The van der Waals surface area contributed by atoms with E-state index >= 15 is 0 Å². The maximum Gasteiger partial charge on any atom is 0.298 e. The van der Waals surface area contributed by atoms with Gasteiger partial charge in [0, 0.05) is 17.8 Å². The SMILES string of the molecule is COc1ccc(-[n+]2noc([O-])c2SC(C)C(=O)Nc2ccc(F)cc2)cc1. The maximum absolute atomic E-state index is 13.0. The number of thioether (sulfide) groups is 1. The fourth-order valence-electron chi connectivity index (χ4n) is 2.22. The third-order valence-corrected chi connectivity index (χ3v) is 4.79. The Morgan fingerprint density at radius 3 is 2.56 bits per heavy atom. The largest absolute Gasteiger partial charge is 0.538 e. The highest BCUT2D eigenvalue weighted by Gasteiger charge is 2.26. The Morgan fingerprint density at radius 2 is 1.93 bits per heavy atom. The summed E-state index contributed by atoms with van der Waals surface area (Å²) in [6, 6.07) is 12.3. The van der Waals surface area contributed by atoms with E-state index in [1.807, 2.05) is 0 Å². The molecule has 27 heavy (non-hydrogen) atoms. The first-order valence-corrected chi connectivity index (χ1v) is 8.82. The second-order valence-corrected chi connectivity index (χ2v) is 6.86. The minimum Gasteiger partial charge on any atom is -0.538 e. The quantitative estimate of drug-likeness (QED) is 0.514. The van der Waals surface area contributed by atoms with E-state index in [1.54, 1.807) is 38.3 Å². The summed E-state index contributed by atoms with van der Waals surface area (Å²) < 4.78 is 24.1. The number of aromatic nitrogens is 2. The molecule has 0 saturated heterocycles. The lowest BCUT2D eigenvalue weighted by atomic mass is 10.3. The average Bonchev–Trinajstić information content (AvgIpc) is 3.04. The molecule has 0 aliphatic heterocycles. The van der Waals surface area contributed by atoms with Gasteiger partial charge in [-0.15, -0.1) is 0 Å². The van der Waals surface area contributed by atoms with Crippen molar-refractivity contribution < 1.29 is 28.2 Å². The van der Waals surface area contributed by atoms with Crippen molar-refractivity contribution >= 4 is 23.4 Å². The molecule has 9 heteroatoms. The molecule has 1 aromatic heterocycles. The Bertz CT molecular complexity index is 929. The molecular weight excluding hydrogens is 373 g/mol. The fraction of sp³-hybridized carbons (Fsp3) is 0.167. The monoisotopic (exact) mass is 389 g/mol. The summed E-state index contributed by atoms with van der Waals surface area (Å²) in [4.78, 5) is 12.4. The van der Waals surface area contributed by atoms with Gasteiger partial charge in [0.15, 0.2) is 5.95 Å². The van der Waals surface area contributed by atoms with Crippen molar-refractivity contribution in [3.05, 3.63) is 54.3 Å². The molecule has 7 nitrogen and oxygen atoms in total. The molecule has 0 spiro atoms. The van der Waals surface area contributed by atoms with E-state index in [4.69, 9.17) is 9.26 Å². The minimum absolute atomic E-state index is 0.168. The van der Waals surface area contributed by atoms with Gasteiger partial charge < -0.3 is 19.7 Å². The van der Waals surface area contributed by atoms with Gasteiger partial charge in [-0.2, -0.15) is 0 Å². The second kappa shape index (κ2) is 8.09. The normalized spacial score (nSPS) is 11.8. The van der Waals surface area contributed by atoms with Crippen LogP contribution < -0.4 is 19.8 Å². The van der Waals surface area contributed by atoms with Crippen LogP contribution in [0, 0.1) is 5.82 Å². The Hall–Kier alpha value is -3.07. The summed E-state index contributed by atoms with van der Waals surface area (Å²) in [5.74, 6) is -0.714. The third-order valence-electron chi connectivity index (χ3n) is 3.66. The molecule has 1 atom stereocenters. The molecule has 0 radical (unpaired) electrons. The van der Waals surface area contributed by atoms with E-state index in [2.05, 4.69) is 10.6 Å². The lowest BCUT2D eigenvalue weighted by molar-refractivity contribution is -0.705. The molecular formula is C18H16FN3O4S. The van der Waals surface area contributed by atoms with Crippen LogP contribution in [0.1, 0.15) is 6.92 Å². The number of carbonyl (C=O) groups excluding carboxylic acids is 1. The van der Waals surface area contributed by atoms with Crippen molar-refractivity contribution in [2.24, 2.45) is 0 Å². The predicted molar refractivity (Wildman–Crippen MR) is 94.4 cm³/mol. The van der Waals surface area contributed by atoms with Gasteiger partial charge in [0.2, 0.25) is 11.6 Å². The number of rotatable bonds is 6. The minimum atomic E-state index is -0.641. The van der Waals surface area contributed by atoms with Crippen LogP contribution in [-0.2, 0) is 4.79 Å². The molecule has 140 valence electrons. The number of benzene rings is 2. The van der Waals surface area contributed by atoms with Gasteiger partial charge in [-0.3, -0.25) is 4.79 Å². The van der Waals surface area contributed by atoms with Gasteiger partial charge in [0.1, 0.15) is 11.6 Å². The van der Waals surface area contributed by atoms with E-state index < -0.39 is 17.0 Å². The highest BCUT2D eigenvalue weighted by molar-refractivity contribution is 8.00. The van der Waals surface area contributed by atoms with Crippen LogP contribution in [0.2, 0.25) is 0 Å². The molecule has 1 N–H and O–H groups in total. The first kappa shape index (κ1) is 18.7. The Kier molecular flexibility index (Phi) is 5.60. The van der Waals surface area contributed by atoms with E-state index in [-0.39, 0.29) is 10.9 Å². The summed E-state index contributed by atoms with van der Waals surface area (Å²) in [5.41, 5.74) is 1.06. The third kappa shape index (κ3) is 4.37. The van der Waals surface area contributed by atoms with Gasteiger partial charge >= 0.3 is 0 Å². The van der Waals surface area contributed by atoms with Crippen LogP contribution in [0.5, 0.6) is 11.7 Å². The zero-order chi connectivity index (χ0) is 19.4. The molecule has 2 aromatic carbocycles. The van der Waals surface area contributed by atoms with Gasteiger partial charge in [-0.25, -0.2) is 4.39 Å². The Balaban J connectivity index is 1.75. The summed E-state index contributed by atoms with van der Waals surface area (Å²) in [6.45, 7) is 1.65. The number of carbonyl (C=O) groups is 1. The van der Waals surface area contributed by atoms with Gasteiger partial charge in [-0.1, -0.05) is 0 Å². The van der Waals surface area contributed by atoms with E-state index in [0.717, 1.165) is 11.8 Å². The van der Waals surface area contributed by atoms with Crippen LogP contribution in [0.15, 0.2) is 58.1 Å². The molecule has 0 aliphatic rings. The van der Waals surface area contributed by atoms with Crippen LogP contribution in [0.4, 0.5) is 10.1 Å². The first-order valence-electron chi connectivity index (χ1n) is 7.94. The van der Waals surface area contributed by atoms with Gasteiger partial charge in [0.25, 0.3) is 5.03 Å². The van der Waals surface area contributed by atoms with Crippen LogP contribution in [0.3, 0.4) is 0 Å². The number of ether oxygens (including phenoxy) is 1. The molecule has 1 amide bonds. The number of nitrogens with one attached hydrogen (secondary N) is 1. The van der Waals surface area contributed by atoms with Crippen molar-refractivity contribution in [3.8, 4) is 17.4 Å². The van der Waals surface area contributed by atoms with Crippen molar-refractivity contribution in [2.45, 2.75) is 17.2 Å². The fourth-order valence-corrected chi connectivity index (χ4v) is 3.10. The van der Waals surface area contributed by atoms with Crippen LogP contribution >= 0.6 is 11.8 Å². The van der Waals surface area contributed by atoms with Crippen LogP contribution in [0.25, 0.3) is 5.69 Å². The van der Waals surface area contributed by atoms with Gasteiger partial charge in [0.05, 0.1) is 17.6 Å². The zero-order valence-electron chi connectivity index (χ0n) is 14.5. The number of hydrogen-bond donors (Lipinski definition) is 1. The first-order chi connectivity index (χ1) is 13.0. The topological polar surface area (TPSA) is 91.3 Å². The summed E-state index contributed by atoms with van der Waals surface area (Å²) >= 11 is 1.02. The molecule has 1 heterocycles. The molecule has 3 rings (SSSR count). The Morgan fingerprint density at radius 1 is 1.26 bits per heavy atom. The maximum atomic E-state index is 13.0. The zero-order valence-corrected chi connectivity index (χ0v) is 15.3. The van der Waals surface area contributed by atoms with Gasteiger partial charge in [-0.05, 0) is 59.8 Å². The van der Waals surface area contributed by atoms with Crippen LogP contribution in [-0.4, -0.2) is 23.5 Å². The molecule has 1 unspecified atom stereocenters. The summed E-state index contributed by atoms with van der Waals surface area (Å²) in [7, 11) is 1.55. The Labute approximate surface area is 158 Å². The molecule has 0 bridgehead atoms. The van der Waals surface area contributed by atoms with E-state index in [1.165, 1.54) is 28.9 Å². The van der Waals surface area contributed by atoms with Crippen molar-refractivity contribution in [1.29, 1.82) is 0 Å². The average molecular weight is 389 g/mol. The van der Waals surface area contributed by atoms with E-state index in [9.17, 15) is 14.3 Å². The van der Waals surface area contributed by atoms with E-state index in [0.29, 0.717) is 17.1 Å². The number of hydrogen-bond acceptors (Lipinski definition) is 6.